The Balaban J connectivity index is 0.00000298. The molecule has 0 radical (unpaired) electrons. The number of carbonyl (C=O) groups is 1. The Morgan fingerprint density at radius 2 is 1.86 bits per heavy atom. The molecule has 0 saturated carbocycles. The topological polar surface area (TPSA) is 132 Å². The number of anilines is 1. The summed E-state index contributed by atoms with van der Waals surface area (Å²) in [6.45, 7) is 9.59. The van der Waals surface area contributed by atoms with Gasteiger partial charge in [0.15, 0.2) is 5.82 Å². The van der Waals surface area contributed by atoms with Gasteiger partial charge in [-0.1, -0.05) is 19.6 Å². The third kappa shape index (κ3) is 7.85. The van der Waals surface area contributed by atoms with Crippen molar-refractivity contribution in [1.82, 2.24) is 10.3 Å². The Hall–Kier alpha value is -3.86. The second-order valence-electron chi connectivity index (χ2n) is 7.17. The summed E-state index contributed by atoms with van der Waals surface area (Å²) in [5, 5.41) is 8.17. The van der Waals surface area contributed by atoms with Crippen molar-refractivity contribution >= 4 is 33.8 Å². The normalized spacial score (nSPS) is 11.8. The van der Waals surface area contributed by atoms with Crippen molar-refractivity contribution in [3.05, 3.63) is 93.6 Å². The molecule has 0 unspecified atom stereocenters. The van der Waals surface area contributed by atoms with Crippen LogP contribution in [-0.2, 0) is 10.0 Å². The Morgan fingerprint density at radius 3 is 2.40 bits per heavy atom. The molecule has 2 aromatic rings. The van der Waals surface area contributed by atoms with Crippen LogP contribution in [0.2, 0.25) is 0 Å². The summed E-state index contributed by atoms with van der Waals surface area (Å²) >= 11 is 0. The van der Waals surface area contributed by atoms with Gasteiger partial charge in [-0.3, -0.25) is 14.3 Å². The first kappa shape index (κ1) is 29.2. The highest BCUT2D eigenvalue weighted by Crippen LogP contribution is 2.27. The van der Waals surface area contributed by atoms with Crippen molar-refractivity contribution in [2.24, 2.45) is 0 Å². The highest BCUT2D eigenvalue weighted by molar-refractivity contribution is 7.92. The minimum atomic E-state index is -3.86. The van der Waals surface area contributed by atoms with Crippen LogP contribution in [0.4, 0.5) is 14.5 Å². The standard InChI is InChI=1S/C23H25F2N3O4S.CH3N/c1-5-10-33(31,32)28-19-8-7-18(24)21(22(19)25)23(30)17(13-26-4)15(3)11-14(2)16-6-9-20(29)27-12-16;1-2/h6-9,11-13,26,28H,2,5,10H2,1,3-4H3,(H,27,29);2H,1H2/b15-11+,17-13+;. The monoisotopic (exact) mass is 506 g/mol. The van der Waals surface area contributed by atoms with Gasteiger partial charge in [0.05, 0.1) is 17.0 Å². The summed E-state index contributed by atoms with van der Waals surface area (Å²) < 4.78 is 55.7. The lowest BCUT2D eigenvalue weighted by Crippen LogP contribution is -2.19. The van der Waals surface area contributed by atoms with E-state index in [4.69, 9.17) is 5.41 Å². The molecule has 4 N–H and O–H groups in total. The maximum absolute atomic E-state index is 15.1. The molecule has 8 nitrogen and oxygen atoms in total. The molecule has 1 aromatic carbocycles. The molecule has 188 valence electrons. The van der Waals surface area contributed by atoms with Gasteiger partial charge in [0.1, 0.15) is 5.82 Å². The third-order valence-electron chi connectivity index (χ3n) is 4.56. The number of hydrogen-bond donors (Lipinski definition) is 4. The number of H-pyrrole nitrogens is 1. The molecule has 0 spiro atoms. The predicted molar refractivity (Wildman–Crippen MR) is 135 cm³/mol. The summed E-state index contributed by atoms with van der Waals surface area (Å²) in [6.07, 6.45) is 4.55. The van der Waals surface area contributed by atoms with Crippen molar-refractivity contribution in [2.75, 3.05) is 17.5 Å². The number of benzene rings is 1. The van der Waals surface area contributed by atoms with E-state index in [1.807, 2.05) is 0 Å². The lowest BCUT2D eigenvalue weighted by Gasteiger charge is -2.14. The fourth-order valence-electron chi connectivity index (χ4n) is 3.00. The number of nitrogens with one attached hydrogen (secondary N) is 4. The van der Waals surface area contributed by atoms with Crippen LogP contribution in [0.5, 0.6) is 0 Å². The summed E-state index contributed by atoms with van der Waals surface area (Å²) in [6, 6.07) is 4.61. The van der Waals surface area contributed by atoms with E-state index < -0.39 is 38.7 Å². The molecule has 0 fully saturated rings. The van der Waals surface area contributed by atoms with E-state index in [9.17, 15) is 22.4 Å². The Labute approximate surface area is 203 Å². The molecule has 0 aliphatic rings. The third-order valence-corrected chi connectivity index (χ3v) is 6.04. The van der Waals surface area contributed by atoms with Crippen LogP contribution in [0, 0.1) is 17.0 Å². The lowest BCUT2D eigenvalue weighted by atomic mass is 9.95. The number of pyridine rings is 1. The largest absolute Gasteiger partial charge is 0.393 e. The van der Waals surface area contributed by atoms with Crippen LogP contribution in [0.25, 0.3) is 5.57 Å². The average molecular weight is 507 g/mol. The highest BCUT2D eigenvalue weighted by atomic mass is 32.2. The van der Waals surface area contributed by atoms with Gasteiger partial charge in [-0.2, -0.15) is 0 Å². The van der Waals surface area contributed by atoms with Crippen LogP contribution in [-0.4, -0.2) is 38.7 Å². The van der Waals surface area contributed by atoms with E-state index in [1.54, 1.807) is 19.9 Å². The van der Waals surface area contributed by atoms with Gasteiger partial charge in [-0.15, -0.1) is 0 Å². The van der Waals surface area contributed by atoms with Crippen LogP contribution >= 0.6 is 0 Å². The van der Waals surface area contributed by atoms with Crippen molar-refractivity contribution in [1.29, 1.82) is 5.41 Å². The maximum atomic E-state index is 15.1. The Morgan fingerprint density at radius 1 is 1.20 bits per heavy atom. The highest BCUT2D eigenvalue weighted by Gasteiger charge is 2.26. The Kier molecular flexibility index (Phi) is 10.9. The van der Waals surface area contributed by atoms with E-state index in [0.29, 0.717) is 23.1 Å². The number of rotatable bonds is 10. The molecular formula is C24H28F2N4O4S. The van der Waals surface area contributed by atoms with Gasteiger partial charge in [0.25, 0.3) is 0 Å². The number of Topliss-reactive ketones (excluding diaryl/α,β-unsaturated/α-hetero) is 1. The molecule has 0 atom stereocenters. The van der Waals surface area contributed by atoms with Gasteiger partial charge in [-0.05, 0) is 55.0 Å². The van der Waals surface area contributed by atoms with Gasteiger partial charge >= 0.3 is 0 Å². The summed E-state index contributed by atoms with van der Waals surface area (Å²) in [5.41, 5.74) is -0.406. The number of carbonyl (C=O) groups excluding carboxylic acids is 1. The molecule has 1 heterocycles. The summed E-state index contributed by atoms with van der Waals surface area (Å²) in [5.74, 6) is -3.69. The molecule has 11 heteroatoms. The van der Waals surface area contributed by atoms with Gasteiger partial charge < -0.3 is 15.7 Å². The number of sulfonamides is 1. The first-order valence-electron chi connectivity index (χ1n) is 10.3. The van der Waals surface area contributed by atoms with E-state index in [-0.39, 0.29) is 16.9 Å². The zero-order valence-electron chi connectivity index (χ0n) is 19.7. The smallest absolute Gasteiger partial charge is 0.247 e. The second kappa shape index (κ2) is 13.1. The van der Waals surface area contributed by atoms with E-state index >= 15 is 4.39 Å². The zero-order chi connectivity index (χ0) is 26.8. The minimum absolute atomic E-state index is 0.0607. The SMILES string of the molecule is C=C(/C=C(C)/C(=C\NC)C(=O)c1c(F)ccc(NS(=O)(=O)CCC)c1F)c1ccc(=O)[nH]c1.C=N. The minimum Gasteiger partial charge on any atom is -0.393 e. The van der Waals surface area contributed by atoms with Crippen molar-refractivity contribution in [3.8, 4) is 0 Å². The first-order valence-corrected chi connectivity index (χ1v) is 12.0. The summed E-state index contributed by atoms with van der Waals surface area (Å²) in [7, 11) is -2.34. The molecule has 0 saturated heterocycles. The first-order chi connectivity index (χ1) is 16.5. The number of allylic oxidation sites excluding steroid dienone is 4. The number of aromatic nitrogens is 1. The van der Waals surface area contributed by atoms with Gasteiger partial charge in [-0.25, -0.2) is 17.2 Å². The zero-order valence-corrected chi connectivity index (χ0v) is 20.5. The quantitative estimate of drug-likeness (QED) is 0.167. The average Bonchev–Trinajstić information content (AvgIpc) is 2.80. The number of halogens is 2. The fourth-order valence-corrected chi connectivity index (χ4v) is 4.13. The number of hydrogen-bond acceptors (Lipinski definition) is 6. The predicted octanol–water partition coefficient (Wildman–Crippen LogP) is 4.02. The van der Waals surface area contributed by atoms with Gasteiger partial charge in [0, 0.05) is 31.1 Å². The summed E-state index contributed by atoms with van der Waals surface area (Å²) in [4.78, 5) is 26.9. The van der Waals surface area contributed by atoms with Crippen LogP contribution in [0.3, 0.4) is 0 Å². The molecule has 1 aromatic heterocycles. The van der Waals surface area contributed by atoms with Crippen molar-refractivity contribution in [3.63, 3.8) is 0 Å². The molecule has 2 rings (SSSR count). The van der Waals surface area contributed by atoms with E-state index in [0.717, 1.165) is 12.1 Å². The number of ketones is 1. The lowest BCUT2D eigenvalue weighted by molar-refractivity contribution is 0.102. The molecule has 0 amide bonds. The van der Waals surface area contributed by atoms with Crippen molar-refractivity contribution < 1.29 is 22.0 Å². The van der Waals surface area contributed by atoms with Crippen LogP contribution in [0.1, 0.15) is 36.2 Å². The molecular weight excluding hydrogens is 478 g/mol. The molecule has 0 aliphatic heterocycles. The Bertz CT molecular complexity index is 1290. The van der Waals surface area contributed by atoms with Crippen LogP contribution < -0.4 is 15.6 Å². The van der Waals surface area contributed by atoms with Gasteiger partial charge in [0.2, 0.25) is 21.4 Å². The number of aromatic amines is 1. The van der Waals surface area contributed by atoms with Crippen molar-refractivity contribution in [2.45, 2.75) is 20.3 Å². The van der Waals surface area contributed by atoms with E-state index in [2.05, 4.69) is 28.3 Å². The second-order valence-corrected chi connectivity index (χ2v) is 9.02. The molecule has 0 aliphatic carbocycles. The maximum Gasteiger partial charge on any atom is 0.247 e. The molecule has 0 bridgehead atoms. The van der Waals surface area contributed by atoms with Crippen LogP contribution in [0.15, 0.2) is 65.3 Å². The molecule has 35 heavy (non-hydrogen) atoms. The van der Waals surface area contributed by atoms with E-state index in [1.165, 1.54) is 31.6 Å². The fraction of sp³-hybridized carbons (Fsp3) is 0.208.